The average molecular weight is 408 g/mol. The Kier molecular flexibility index (Phi) is 7.58. The van der Waals surface area contributed by atoms with Gasteiger partial charge < -0.3 is 4.74 Å². The molecular formula is C22H27Cl2NO2. The fourth-order valence-electron chi connectivity index (χ4n) is 3.32. The number of hydrogen-bond donors (Lipinski definition) is 0. The summed E-state index contributed by atoms with van der Waals surface area (Å²) in [4.78, 5) is 14.1. The van der Waals surface area contributed by atoms with E-state index in [2.05, 4.69) is 19.1 Å². The van der Waals surface area contributed by atoms with Crippen molar-refractivity contribution in [2.75, 3.05) is 6.54 Å². The fraction of sp³-hybridized carbons (Fsp3) is 0.409. The third-order valence-electron chi connectivity index (χ3n) is 5.08. The zero-order valence-electron chi connectivity index (χ0n) is 15.0. The highest BCUT2D eigenvalue weighted by atomic mass is 35.5. The van der Waals surface area contributed by atoms with Gasteiger partial charge in [0, 0.05) is 10.0 Å². The van der Waals surface area contributed by atoms with Crippen molar-refractivity contribution in [3.05, 3.63) is 69.7 Å². The molecule has 1 heterocycles. The first-order valence-electron chi connectivity index (χ1n) is 8.92. The van der Waals surface area contributed by atoms with Gasteiger partial charge in [0.1, 0.15) is 6.10 Å². The topological polar surface area (TPSA) is 29.5 Å². The molecule has 3 nitrogen and oxygen atoms in total. The van der Waals surface area contributed by atoms with Crippen LogP contribution in [-0.4, -0.2) is 23.6 Å². The normalized spacial score (nSPS) is 18.6. The van der Waals surface area contributed by atoms with Crippen LogP contribution in [0.2, 0.25) is 10.0 Å². The second-order valence-corrected chi connectivity index (χ2v) is 7.79. The van der Waals surface area contributed by atoms with Gasteiger partial charge in [0.05, 0.1) is 12.6 Å². The van der Waals surface area contributed by atoms with Crippen LogP contribution in [0.15, 0.2) is 48.5 Å². The lowest BCUT2D eigenvalue weighted by Crippen LogP contribution is -2.28. The van der Waals surface area contributed by atoms with Crippen LogP contribution in [-0.2, 0) is 4.74 Å². The predicted octanol–water partition coefficient (Wildman–Crippen LogP) is 7.10. The van der Waals surface area contributed by atoms with Gasteiger partial charge in [-0.15, -0.1) is 0 Å². The summed E-state index contributed by atoms with van der Waals surface area (Å²) < 4.78 is 5.59. The number of benzene rings is 2. The minimum Gasteiger partial charge on any atom is -0.444 e. The number of hydrogen-bond acceptors (Lipinski definition) is 2. The number of halogens is 2. The Balaban J connectivity index is 0.00000261. The van der Waals surface area contributed by atoms with Crippen molar-refractivity contribution in [1.82, 2.24) is 4.90 Å². The molecule has 3 rings (SSSR count). The average Bonchev–Trinajstić information content (AvgIpc) is 3.01. The van der Waals surface area contributed by atoms with Crippen molar-refractivity contribution in [1.29, 1.82) is 0 Å². The monoisotopic (exact) mass is 407 g/mol. The second-order valence-electron chi connectivity index (χ2n) is 6.92. The van der Waals surface area contributed by atoms with E-state index in [1.54, 1.807) is 4.90 Å². The fourth-order valence-corrected chi connectivity index (χ4v) is 3.57. The van der Waals surface area contributed by atoms with Crippen molar-refractivity contribution < 1.29 is 9.53 Å². The van der Waals surface area contributed by atoms with Crippen molar-refractivity contribution in [3.8, 4) is 0 Å². The summed E-state index contributed by atoms with van der Waals surface area (Å²) in [5.74, 6) is 0.397. The van der Waals surface area contributed by atoms with Gasteiger partial charge in [-0.05, 0) is 61.1 Å². The molecule has 146 valence electrons. The third-order valence-corrected chi connectivity index (χ3v) is 5.59. The van der Waals surface area contributed by atoms with Crippen molar-refractivity contribution >= 4 is 29.3 Å². The van der Waals surface area contributed by atoms with Crippen LogP contribution in [0.5, 0.6) is 0 Å². The second kappa shape index (κ2) is 9.48. The largest absolute Gasteiger partial charge is 0.444 e. The molecule has 0 spiro atoms. The number of carbonyl (C=O) groups excluding carboxylic acids is 1. The molecule has 0 saturated carbocycles. The summed E-state index contributed by atoms with van der Waals surface area (Å²) in [6.07, 6.45) is 1.51. The van der Waals surface area contributed by atoms with E-state index in [0.717, 1.165) is 23.4 Å². The maximum absolute atomic E-state index is 12.3. The maximum Gasteiger partial charge on any atom is 0.410 e. The number of amides is 1. The van der Waals surface area contributed by atoms with E-state index < -0.39 is 0 Å². The molecule has 0 N–H and O–H groups in total. The molecule has 1 fully saturated rings. The quantitative estimate of drug-likeness (QED) is 0.510. The number of ether oxygens (including phenoxy) is 1. The highest BCUT2D eigenvalue weighted by Crippen LogP contribution is 2.30. The molecule has 1 saturated heterocycles. The zero-order valence-corrected chi connectivity index (χ0v) is 16.5. The molecule has 0 bridgehead atoms. The molecule has 1 aliphatic heterocycles. The molecule has 0 radical (unpaired) electrons. The van der Waals surface area contributed by atoms with E-state index >= 15 is 0 Å². The molecule has 0 unspecified atom stereocenters. The molecule has 2 aromatic rings. The van der Waals surface area contributed by atoms with E-state index in [1.807, 2.05) is 43.3 Å². The van der Waals surface area contributed by atoms with E-state index in [4.69, 9.17) is 27.9 Å². The summed E-state index contributed by atoms with van der Waals surface area (Å²) in [7, 11) is 0. The van der Waals surface area contributed by atoms with E-state index in [9.17, 15) is 4.79 Å². The van der Waals surface area contributed by atoms with Gasteiger partial charge in [-0.2, -0.15) is 0 Å². The van der Waals surface area contributed by atoms with Crippen molar-refractivity contribution in [2.45, 2.75) is 52.2 Å². The van der Waals surface area contributed by atoms with Crippen LogP contribution in [0.1, 0.15) is 57.2 Å². The van der Waals surface area contributed by atoms with Crippen LogP contribution < -0.4 is 0 Å². The minimum atomic E-state index is -0.239. The first-order valence-corrected chi connectivity index (χ1v) is 9.68. The third kappa shape index (κ3) is 5.40. The highest BCUT2D eigenvalue weighted by molar-refractivity contribution is 6.30. The maximum atomic E-state index is 12.3. The van der Waals surface area contributed by atoms with Gasteiger partial charge in [-0.25, -0.2) is 4.79 Å². The van der Waals surface area contributed by atoms with Gasteiger partial charge in [-0.1, -0.05) is 61.8 Å². The van der Waals surface area contributed by atoms with Crippen molar-refractivity contribution in [3.63, 3.8) is 0 Å². The lowest BCUT2D eigenvalue weighted by molar-refractivity contribution is 0.124. The first-order chi connectivity index (χ1) is 12.4. The van der Waals surface area contributed by atoms with Gasteiger partial charge >= 0.3 is 6.09 Å². The molecule has 1 aliphatic rings. The Morgan fingerprint density at radius 1 is 1.00 bits per heavy atom. The van der Waals surface area contributed by atoms with Gasteiger partial charge in [0.15, 0.2) is 0 Å². The smallest absolute Gasteiger partial charge is 0.410 e. The van der Waals surface area contributed by atoms with Crippen LogP contribution in [0.25, 0.3) is 0 Å². The van der Waals surface area contributed by atoms with Crippen LogP contribution in [0, 0.1) is 0 Å². The summed E-state index contributed by atoms with van der Waals surface area (Å²) >= 11 is 11.9. The Bertz CT molecular complexity index is 746. The van der Waals surface area contributed by atoms with Crippen molar-refractivity contribution in [2.24, 2.45) is 0 Å². The number of carbonyl (C=O) groups is 1. The van der Waals surface area contributed by atoms with Gasteiger partial charge in [0.2, 0.25) is 0 Å². The number of cyclic esters (lactones) is 1. The lowest BCUT2D eigenvalue weighted by Gasteiger charge is -2.22. The van der Waals surface area contributed by atoms with E-state index in [1.165, 1.54) is 5.56 Å². The first kappa shape index (κ1) is 21.6. The SMILES string of the molecule is C.C[C@H](CC[C@@H]1CN([C@@H](C)c2ccc(Cl)cc2)C(=O)O1)c1ccc(Cl)cc1. The Hall–Kier alpha value is -1.71. The zero-order chi connectivity index (χ0) is 18.7. The summed E-state index contributed by atoms with van der Waals surface area (Å²) in [5, 5.41) is 1.44. The Labute approximate surface area is 172 Å². The number of rotatable bonds is 6. The molecular weight excluding hydrogens is 381 g/mol. The molecule has 2 aromatic carbocycles. The van der Waals surface area contributed by atoms with Gasteiger partial charge in [0.25, 0.3) is 0 Å². The lowest BCUT2D eigenvalue weighted by atomic mass is 9.95. The predicted molar refractivity (Wildman–Crippen MR) is 113 cm³/mol. The molecule has 3 atom stereocenters. The summed E-state index contributed by atoms with van der Waals surface area (Å²) in [6, 6.07) is 15.5. The van der Waals surface area contributed by atoms with Crippen LogP contribution in [0.3, 0.4) is 0 Å². The molecule has 27 heavy (non-hydrogen) atoms. The summed E-state index contributed by atoms with van der Waals surface area (Å²) in [6.45, 7) is 4.83. The number of nitrogens with zero attached hydrogens (tertiary/aromatic N) is 1. The highest BCUT2D eigenvalue weighted by Gasteiger charge is 2.34. The summed E-state index contributed by atoms with van der Waals surface area (Å²) in [5.41, 5.74) is 2.31. The minimum absolute atomic E-state index is 0. The molecule has 5 heteroatoms. The Morgan fingerprint density at radius 3 is 2.07 bits per heavy atom. The van der Waals surface area contributed by atoms with Crippen LogP contribution >= 0.6 is 23.2 Å². The van der Waals surface area contributed by atoms with Crippen LogP contribution in [0.4, 0.5) is 4.79 Å². The van der Waals surface area contributed by atoms with E-state index in [0.29, 0.717) is 17.5 Å². The molecule has 1 amide bonds. The molecule has 0 aromatic heterocycles. The molecule has 0 aliphatic carbocycles. The standard InChI is InChI=1S/C21H23Cl2NO2.CH4/c1-14(16-4-8-18(22)9-5-16)3-12-20-13-24(21(25)26-20)15(2)17-6-10-19(23)11-7-17;/h4-11,14-15,20H,3,12-13H2,1-2H3;1H4/t14-,15+,20-;/m1./s1. The Morgan fingerprint density at radius 2 is 1.52 bits per heavy atom. The van der Waals surface area contributed by atoms with Gasteiger partial charge in [-0.3, -0.25) is 4.90 Å². The van der Waals surface area contributed by atoms with E-state index in [-0.39, 0.29) is 25.7 Å².